The summed E-state index contributed by atoms with van der Waals surface area (Å²) in [5.41, 5.74) is 6.20. The summed E-state index contributed by atoms with van der Waals surface area (Å²) in [6, 6.07) is 6.41. The van der Waals surface area contributed by atoms with Crippen LogP contribution >= 0.6 is 0 Å². The maximum absolute atomic E-state index is 13.7. The minimum absolute atomic E-state index is 0.0244. The molecule has 1 rings (SSSR count). The first-order chi connectivity index (χ1) is 8.93. The van der Waals surface area contributed by atoms with Crippen molar-refractivity contribution >= 4 is 5.91 Å². The second kappa shape index (κ2) is 7.24. The molecule has 2 unspecified atom stereocenters. The van der Waals surface area contributed by atoms with Gasteiger partial charge in [0.15, 0.2) is 0 Å². The lowest BCUT2D eigenvalue weighted by Gasteiger charge is -2.26. The first-order valence-electron chi connectivity index (χ1n) is 6.69. The Morgan fingerprint density at radius 1 is 1.37 bits per heavy atom. The van der Waals surface area contributed by atoms with Gasteiger partial charge in [-0.1, -0.05) is 18.2 Å². The van der Waals surface area contributed by atoms with Crippen LogP contribution < -0.4 is 5.73 Å². The Labute approximate surface area is 114 Å². The third-order valence-electron chi connectivity index (χ3n) is 3.38. The number of carbonyl (C=O) groups excluding carboxylic acids is 1. The minimum Gasteiger partial charge on any atom is -0.339 e. The highest BCUT2D eigenvalue weighted by atomic mass is 19.1. The molecule has 0 saturated heterocycles. The number of hydrogen-bond donors (Lipinski definition) is 1. The van der Waals surface area contributed by atoms with Crippen molar-refractivity contribution in [1.29, 1.82) is 0 Å². The van der Waals surface area contributed by atoms with Crippen molar-refractivity contribution in [1.82, 2.24) is 4.90 Å². The summed E-state index contributed by atoms with van der Waals surface area (Å²) >= 11 is 0. The lowest BCUT2D eigenvalue weighted by Crippen LogP contribution is -2.30. The fourth-order valence-electron chi connectivity index (χ4n) is 1.99. The van der Waals surface area contributed by atoms with Crippen LogP contribution in [0.2, 0.25) is 0 Å². The van der Waals surface area contributed by atoms with Gasteiger partial charge in [-0.3, -0.25) is 4.79 Å². The van der Waals surface area contributed by atoms with Crippen LogP contribution in [0.4, 0.5) is 4.39 Å². The molecule has 0 aromatic heterocycles. The molecule has 0 aliphatic rings. The summed E-state index contributed by atoms with van der Waals surface area (Å²) in [5.74, 6) is -0.248. The molecule has 0 radical (unpaired) electrons. The second-order valence-electron chi connectivity index (χ2n) is 5.07. The summed E-state index contributed by atoms with van der Waals surface area (Å²) in [5, 5.41) is 0. The molecule has 0 fully saturated rings. The van der Waals surface area contributed by atoms with Gasteiger partial charge in [-0.05, 0) is 32.8 Å². The van der Waals surface area contributed by atoms with Crippen LogP contribution in [0.1, 0.15) is 44.7 Å². The van der Waals surface area contributed by atoms with Gasteiger partial charge >= 0.3 is 0 Å². The first-order valence-corrected chi connectivity index (χ1v) is 6.69. The number of benzene rings is 1. The Morgan fingerprint density at radius 3 is 2.58 bits per heavy atom. The van der Waals surface area contributed by atoms with Crippen LogP contribution in [0.15, 0.2) is 24.3 Å². The van der Waals surface area contributed by atoms with Gasteiger partial charge in [0, 0.05) is 25.1 Å². The number of hydrogen-bond acceptors (Lipinski definition) is 2. The number of halogens is 1. The molecule has 0 aliphatic carbocycles. The number of rotatable bonds is 6. The molecule has 2 atom stereocenters. The third-order valence-corrected chi connectivity index (χ3v) is 3.38. The van der Waals surface area contributed by atoms with E-state index in [1.165, 1.54) is 6.07 Å². The number of nitrogens with zero attached hydrogens (tertiary/aromatic N) is 1. The summed E-state index contributed by atoms with van der Waals surface area (Å²) < 4.78 is 13.7. The molecule has 1 aromatic rings. The zero-order valence-corrected chi connectivity index (χ0v) is 11.9. The van der Waals surface area contributed by atoms with E-state index < -0.39 is 0 Å². The van der Waals surface area contributed by atoms with Gasteiger partial charge in [0.2, 0.25) is 5.91 Å². The topological polar surface area (TPSA) is 46.3 Å². The third kappa shape index (κ3) is 4.63. The standard InChI is InChI=1S/C15H23FN2O/c1-11(17)7-6-10-15(19)18(3)12(2)13-8-4-5-9-14(13)16/h4-5,8-9,11-12H,6-7,10,17H2,1-3H3. The van der Waals surface area contributed by atoms with Crippen LogP contribution in [0.3, 0.4) is 0 Å². The van der Waals surface area contributed by atoms with Gasteiger partial charge in [-0.25, -0.2) is 4.39 Å². The molecular weight excluding hydrogens is 243 g/mol. The van der Waals surface area contributed by atoms with Gasteiger partial charge < -0.3 is 10.6 Å². The van der Waals surface area contributed by atoms with E-state index in [0.717, 1.165) is 12.8 Å². The molecule has 106 valence electrons. The Morgan fingerprint density at radius 2 is 2.00 bits per heavy atom. The molecular formula is C15H23FN2O. The average molecular weight is 266 g/mol. The number of amides is 1. The zero-order chi connectivity index (χ0) is 14.4. The Hall–Kier alpha value is -1.42. The van der Waals surface area contributed by atoms with Crippen molar-refractivity contribution in [3.8, 4) is 0 Å². The van der Waals surface area contributed by atoms with E-state index in [1.54, 1.807) is 30.1 Å². The number of carbonyl (C=O) groups is 1. The first kappa shape index (κ1) is 15.6. The maximum Gasteiger partial charge on any atom is 0.222 e. The molecule has 1 amide bonds. The van der Waals surface area contributed by atoms with Crippen LogP contribution in [-0.2, 0) is 4.79 Å². The van der Waals surface area contributed by atoms with Gasteiger partial charge in [-0.2, -0.15) is 0 Å². The molecule has 0 spiro atoms. The van der Waals surface area contributed by atoms with E-state index in [4.69, 9.17) is 5.73 Å². The van der Waals surface area contributed by atoms with Crippen molar-refractivity contribution in [3.63, 3.8) is 0 Å². The fraction of sp³-hybridized carbons (Fsp3) is 0.533. The summed E-state index contributed by atoms with van der Waals surface area (Å²) in [6.45, 7) is 3.76. The van der Waals surface area contributed by atoms with Gasteiger partial charge in [0.1, 0.15) is 5.82 Å². The van der Waals surface area contributed by atoms with Crippen molar-refractivity contribution in [2.75, 3.05) is 7.05 Å². The Balaban J connectivity index is 2.59. The number of nitrogens with two attached hydrogens (primary N) is 1. The van der Waals surface area contributed by atoms with Gasteiger partial charge in [-0.15, -0.1) is 0 Å². The predicted molar refractivity (Wildman–Crippen MR) is 75.1 cm³/mol. The SMILES string of the molecule is CC(N)CCCC(=O)N(C)C(C)c1ccccc1F. The predicted octanol–water partition coefficient (Wildman–Crippen LogP) is 2.86. The van der Waals surface area contributed by atoms with Crippen LogP contribution in [-0.4, -0.2) is 23.9 Å². The fourth-order valence-corrected chi connectivity index (χ4v) is 1.99. The molecule has 1 aromatic carbocycles. The quantitative estimate of drug-likeness (QED) is 0.860. The van der Waals surface area contributed by atoms with Gasteiger partial charge in [0.25, 0.3) is 0 Å². The van der Waals surface area contributed by atoms with E-state index in [2.05, 4.69) is 0 Å². The highest BCUT2D eigenvalue weighted by molar-refractivity contribution is 5.76. The molecule has 0 aliphatic heterocycles. The van der Waals surface area contributed by atoms with Crippen LogP contribution in [0.5, 0.6) is 0 Å². The highest BCUT2D eigenvalue weighted by Gasteiger charge is 2.19. The Bertz CT molecular complexity index is 420. The van der Waals surface area contributed by atoms with E-state index in [0.29, 0.717) is 12.0 Å². The van der Waals surface area contributed by atoms with Crippen LogP contribution in [0.25, 0.3) is 0 Å². The van der Waals surface area contributed by atoms with Gasteiger partial charge in [0.05, 0.1) is 6.04 Å². The monoisotopic (exact) mass is 266 g/mol. The minimum atomic E-state index is -0.273. The van der Waals surface area contributed by atoms with E-state index in [1.807, 2.05) is 13.8 Å². The van der Waals surface area contributed by atoms with E-state index in [-0.39, 0.29) is 23.8 Å². The average Bonchev–Trinajstić information content (AvgIpc) is 2.37. The molecule has 19 heavy (non-hydrogen) atoms. The lowest BCUT2D eigenvalue weighted by molar-refractivity contribution is -0.132. The summed E-state index contributed by atoms with van der Waals surface area (Å²) in [6.07, 6.45) is 2.05. The van der Waals surface area contributed by atoms with Crippen molar-refractivity contribution in [2.24, 2.45) is 5.73 Å². The summed E-state index contributed by atoms with van der Waals surface area (Å²) in [4.78, 5) is 13.6. The Kier molecular flexibility index (Phi) is 5.96. The lowest BCUT2D eigenvalue weighted by atomic mass is 10.1. The largest absolute Gasteiger partial charge is 0.339 e. The highest BCUT2D eigenvalue weighted by Crippen LogP contribution is 2.22. The summed E-state index contributed by atoms with van der Waals surface area (Å²) in [7, 11) is 1.71. The molecule has 3 nitrogen and oxygen atoms in total. The van der Waals surface area contributed by atoms with Crippen molar-refractivity contribution in [3.05, 3.63) is 35.6 Å². The van der Waals surface area contributed by atoms with Crippen LogP contribution in [0, 0.1) is 5.82 Å². The molecule has 0 saturated carbocycles. The zero-order valence-electron chi connectivity index (χ0n) is 11.9. The van der Waals surface area contributed by atoms with Crippen molar-refractivity contribution < 1.29 is 9.18 Å². The molecule has 4 heteroatoms. The molecule has 0 heterocycles. The van der Waals surface area contributed by atoms with Crippen molar-refractivity contribution in [2.45, 2.75) is 45.2 Å². The second-order valence-corrected chi connectivity index (χ2v) is 5.07. The molecule has 2 N–H and O–H groups in total. The smallest absolute Gasteiger partial charge is 0.222 e. The maximum atomic E-state index is 13.7. The van der Waals surface area contributed by atoms with E-state index in [9.17, 15) is 9.18 Å². The molecule has 0 bridgehead atoms. The normalized spacial score (nSPS) is 13.9. The van der Waals surface area contributed by atoms with E-state index >= 15 is 0 Å².